The normalized spacial score (nSPS) is 13.7. The number of hydrogen-bond donors (Lipinski definition) is 4. The summed E-state index contributed by atoms with van der Waals surface area (Å²) in [6.07, 6.45) is 0.793. The number of aliphatic hydroxyl groups excluding tert-OH is 1. The largest absolute Gasteiger partial charge is 0.508 e. The molecule has 0 amide bonds. The van der Waals surface area contributed by atoms with Gasteiger partial charge in [0.1, 0.15) is 17.6 Å². The summed E-state index contributed by atoms with van der Waals surface area (Å²) in [6.45, 7) is 1.53. The molecule has 0 spiro atoms. The van der Waals surface area contributed by atoms with E-state index in [4.69, 9.17) is 14.2 Å². The second kappa shape index (κ2) is 4.47. The zero-order valence-corrected chi connectivity index (χ0v) is 10.7. The highest BCUT2D eigenvalue weighted by molar-refractivity contribution is 7.51. The predicted molar refractivity (Wildman–Crippen MR) is 65.9 cm³/mol. The third kappa shape index (κ3) is 2.29. The lowest BCUT2D eigenvalue weighted by atomic mass is 10.1. The molecule has 7 nitrogen and oxygen atoms in total. The van der Waals surface area contributed by atoms with E-state index in [1.54, 1.807) is 0 Å². The second-order valence-corrected chi connectivity index (χ2v) is 5.74. The van der Waals surface area contributed by atoms with Crippen LogP contribution in [-0.2, 0) is 4.57 Å². The zero-order chi connectivity index (χ0) is 14.4. The monoisotopic (exact) mass is 286 g/mol. The molecule has 0 saturated heterocycles. The lowest BCUT2D eigenvalue weighted by Crippen LogP contribution is -2.13. The van der Waals surface area contributed by atoms with Crippen molar-refractivity contribution in [3.8, 4) is 5.75 Å². The molecular weight excluding hydrogens is 275 g/mol. The van der Waals surface area contributed by atoms with Gasteiger partial charge in [0.15, 0.2) is 11.3 Å². The minimum absolute atomic E-state index is 0.0281. The summed E-state index contributed by atoms with van der Waals surface area (Å²) in [5.74, 6) is -2.30. The molecule has 2 rings (SSSR count). The molecule has 0 aliphatic heterocycles. The number of aliphatic hydroxyl groups is 1. The molecule has 0 aliphatic rings. The first-order valence-electron chi connectivity index (χ1n) is 5.20. The summed E-state index contributed by atoms with van der Waals surface area (Å²) in [5, 5.41) is 19.0. The zero-order valence-electron chi connectivity index (χ0n) is 9.77. The average molecular weight is 286 g/mol. The van der Waals surface area contributed by atoms with E-state index in [0.717, 1.165) is 6.26 Å². The quantitative estimate of drug-likeness (QED) is 0.605. The minimum Gasteiger partial charge on any atom is -0.508 e. The van der Waals surface area contributed by atoms with E-state index >= 15 is 0 Å². The summed E-state index contributed by atoms with van der Waals surface area (Å²) in [6, 6.07) is 2.53. The number of phenols is 1. The van der Waals surface area contributed by atoms with Crippen molar-refractivity contribution in [3.63, 3.8) is 0 Å². The van der Waals surface area contributed by atoms with Crippen LogP contribution in [0.4, 0.5) is 0 Å². The highest BCUT2D eigenvalue weighted by atomic mass is 31.2. The van der Waals surface area contributed by atoms with Gasteiger partial charge in [-0.3, -0.25) is 9.36 Å². The molecule has 1 heterocycles. The Morgan fingerprint density at radius 3 is 2.53 bits per heavy atom. The Kier molecular flexibility index (Phi) is 3.24. The highest BCUT2D eigenvalue weighted by Gasteiger charge is 2.31. The van der Waals surface area contributed by atoms with Gasteiger partial charge in [-0.25, -0.2) is 0 Å². The van der Waals surface area contributed by atoms with Crippen LogP contribution in [0.3, 0.4) is 0 Å². The maximum Gasteiger partial charge on any atom is 0.358 e. The molecule has 19 heavy (non-hydrogen) atoms. The van der Waals surface area contributed by atoms with E-state index < -0.39 is 24.4 Å². The van der Waals surface area contributed by atoms with Crippen molar-refractivity contribution >= 4 is 18.6 Å². The Bertz CT molecular complexity index is 743. The molecule has 8 heteroatoms. The van der Waals surface area contributed by atoms with Crippen LogP contribution in [0.5, 0.6) is 5.75 Å². The molecule has 1 aromatic heterocycles. The van der Waals surface area contributed by atoms with Gasteiger partial charge < -0.3 is 24.4 Å². The number of aromatic hydroxyl groups is 1. The molecule has 0 aliphatic carbocycles. The van der Waals surface area contributed by atoms with Gasteiger partial charge in [0.25, 0.3) is 0 Å². The van der Waals surface area contributed by atoms with Gasteiger partial charge in [-0.05, 0) is 19.1 Å². The van der Waals surface area contributed by atoms with E-state index in [0.29, 0.717) is 5.56 Å². The van der Waals surface area contributed by atoms with Gasteiger partial charge in [0.05, 0.1) is 10.9 Å². The molecule has 4 N–H and O–H groups in total. The summed E-state index contributed by atoms with van der Waals surface area (Å²) in [5.41, 5.74) is -0.843. The van der Waals surface area contributed by atoms with Crippen molar-refractivity contribution in [2.45, 2.75) is 12.8 Å². The van der Waals surface area contributed by atoms with Crippen molar-refractivity contribution in [3.05, 3.63) is 39.7 Å². The minimum atomic E-state index is -4.86. The summed E-state index contributed by atoms with van der Waals surface area (Å²) in [4.78, 5) is 29.8. The van der Waals surface area contributed by atoms with E-state index in [2.05, 4.69) is 0 Å². The fourth-order valence-corrected chi connectivity index (χ4v) is 2.24. The van der Waals surface area contributed by atoms with Crippen LogP contribution in [0.15, 0.2) is 27.6 Å². The van der Waals surface area contributed by atoms with Crippen LogP contribution in [0.1, 0.15) is 17.0 Å². The van der Waals surface area contributed by atoms with Crippen LogP contribution in [-0.4, -0.2) is 20.0 Å². The summed E-state index contributed by atoms with van der Waals surface area (Å²) < 4.78 is 16.1. The number of benzene rings is 1. The van der Waals surface area contributed by atoms with Crippen molar-refractivity contribution < 1.29 is 29.0 Å². The Labute approximate surface area is 106 Å². The Morgan fingerprint density at radius 1 is 1.32 bits per heavy atom. The fraction of sp³-hybridized carbons (Fsp3) is 0.182. The Balaban J connectivity index is 2.76. The van der Waals surface area contributed by atoms with Gasteiger partial charge in [0, 0.05) is 5.56 Å². The van der Waals surface area contributed by atoms with E-state index in [1.165, 1.54) is 19.1 Å². The van der Waals surface area contributed by atoms with Crippen molar-refractivity contribution in [2.24, 2.45) is 0 Å². The summed E-state index contributed by atoms with van der Waals surface area (Å²) in [7, 11) is -4.86. The van der Waals surface area contributed by atoms with Crippen LogP contribution in [0.25, 0.3) is 11.0 Å². The van der Waals surface area contributed by atoms with Crippen LogP contribution in [0, 0.1) is 6.92 Å². The highest BCUT2D eigenvalue weighted by Crippen LogP contribution is 2.49. The number of phenolic OH excluding ortho intramolecular Hbond substituents is 1. The molecule has 1 aromatic carbocycles. The van der Waals surface area contributed by atoms with E-state index in [9.17, 15) is 19.6 Å². The SMILES string of the molecule is Cc1c(O)ccc2c(=O)c(C(O)P(=O)(O)O)coc12. The first-order valence-corrected chi connectivity index (χ1v) is 6.89. The lowest BCUT2D eigenvalue weighted by molar-refractivity contribution is 0.203. The second-order valence-electron chi connectivity index (χ2n) is 4.07. The smallest absolute Gasteiger partial charge is 0.358 e. The molecule has 0 bridgehead atoms. The van der Waals surface area contributed by atoms with Gasteiger partial charge in [-0.15, -0.1) is 0 Å². The van der Waals surface area contributed by atoms with Gasteiger partial charge in [0.2, 0.25) is 0 Å². The maximum absolute atomic E-state index is 12.0. The van der Waals surface area contributed by atoms with E-state index in [1.807, 2.05) is 0 Å². The maximum atomic E-state index is 12.0. The van der Waals surface area contributed by atoms with Crippen molar-refractivity contribution in [1.82, 2.24) is 0 Å². The Hall–Kier alpha value is -1.66. The van der Waals surface area contributed by atoms with Gasteiger partial charge in [-0.2, -0.15) is 0 Å². The standard InChI is InChI=1S/C11H11O7P/c1-5-8(12)3-2-6-9(13)7(4-18-10(5)6)11(14)19(15,16)17/h2-4,11-12,14H,1H3,(H2,15,16,17). The van der Waals surface area contributed by atoms with Crippen LogP contribution in [0.2, 0.25) is 0 Å². The first kappa shape index (κ1) is 13.8. The molecule has 2 aromatic rings. The van der Waals surface area contributed by atoms with Gasteiger partial charge >= 0.3 is 7.60 Å². The van der Waals surface area contributed by atoms with Crippen molar-refractivity contribution in [1.29, 1.82) is 0 Å². The van der Waals surface area contributed by atoms with Crippen LogP contribution < -0.4 is 5.43 Å². The predicted octanol–water partition coefficient (Wildman–Crippen LogP) is 0.976. The molecule has 102 valence electrons. The van der Waals surface area contributed by atoms with E-state index in [-0.39, 0.29) is 16.7 Å². The number of fused-ring (bicyclic) bond motifs is 1. The third-order valence-corrected chi connectivity index (χ3v) is 3.70. The molecule has 1 unspecified atom stereocenters. The average Bonchev–Trinajstić information content (AvgIpc) is 2.32. The number of hydrogen-bond acceptors (Lipinski definition) is 5. The van der Waals surface area contributed by atoms with Crippen molar-refractivity contribution in [2.75, 3.05) is 0 Å². The third-order valence-electron chi connectivity index (χ3n) is 2.78. The number of rotatable bonds is 2. The molecule has 0 saturated carbocycles. The molecule has 0 fully saturated rings. The topological polar surface area (TPSA) is 128 Å². The van der Waals surface area contributed by atoms with Gasteiger partial charge in [-0.1, -0.05) is 0 Å². The summed E-state index contributed by atoms with van der Waals surface area (Å²) >= 11 is 0. The fourth-order valence-electron chi connectivity index (χ4n) is 1.70. The molecule has 1 atom stereocenters. The molecule has 0 radical (unpaired) electrons. The number of aryl methyl sites for hydroxylation is 1. The first-order chi connectivity index (χ1) is 8.73. The van der Waals surface area contributed by atoms with Crippen LogP contribution >= 0.6 is 7.60 Å². The Morgan fingerprint density at radius 2 is 1.95 bits per heavy atom. The molecular formula is C11H11O7P. The lowest BCUT2D eigenvalue weighted by Gasteiger charge is -2.12.